The van der Waals surface area contributed by atoms with Crippen molar-refractivity contribution in [3.8, 4) is 0 Å². The molecule has 2 saturated carbocycles. The average molecular weight is 293 g/mol. The van der Waals surface area contributed by atoms with Gasteiger partial charge in [-0.1, -0.05) is 77.0 Å². The molecular formula is C20H36O. The second kappa shape index (κ2) is 10.4. The number of carbonyl (C=O) groups excluding carboxylic acids is 1. The van der Waals surface area contributed by atoms with Crippen LogP contribution in [-0.4, -0.2) is 5.78 Å². The highest BCUT2D eigenvalue weighted by molar-refractivity contribution is 5.81. The highest BCUT2D eigenvalue weighted by atomic mass is 16.1. The highest BCUT2D eigenvalue weighted by Gasteiger charge is 2.29. The highest BCUT2D eigenvalue weighted by Crippen LogP contribution is 2.35. The maximum atomic E-state index is 12.6. The molecule has 1 heteroatoms. The molecule has 0 aromatic heterocycles. The zero-order chi connectivity index (χ0) is 14.8. The summed E-state index contributed by atoms with van der Waals surface area (Å²) in [5.74, 6) is 1.79. The van der Waals surface area contributed by atoms with Crippen LogP contribution in [0.15, 0.2) is 0 Å². The third kappa shape index (κ3) is 6.53. The number of Topliss-reactive ketones (excluding diaryl/α,β-unsaturated/α-hetero) is 1. The lowest BCUT2D eigenvalue weighted by Gasteiger charge is -2.22. The number of hydrogen-bond donors (Lipinski definition) is 0. The van der Waals surface area contributed by atoms with Crippen LogP contribution in [0.3, 0.4) is 0 Å². The minimum atomic E-state index is 0.428. The van der Waals surface area contributed by atoms with E-state index >= 15 is 0 Å². The van der Waals surface area contributed by atoms with Gasteiger partial charge in [0.25, 0.3) is 0 Å². The second-order valence-corrected chi connectivity index (χ2v) is 7.55. The van der Waals surface area contributed by atoms with E-state index in [-0.39, 0.29) is 0 Å². The molecule has 0 aromatic rings. The van der Waals surface area contributed by atoms with E-state index in [4.69, 9.17) is 0 Å². The van der Waals surface area contributed by atoms with E-state index in [2.05, 4.69) is 0 Å². The first-order chi connectivity index (χ1) is 10.4. The molecule has 0 heterocycles. The van der Waals surface area contributed by atoms with E-state index in [0.717, 1.165) is 18.8 Å². The van der Waals surface area contributed by atoms with Crippen LogP contribution in [0.1, 0.15) is 109 Å². The molecule has 0 radical (unpaired) electrons. The number of rotatable bonds is 1. The van der Waals surface area contributed by atoms with Gasteiger partial charge in [-0.2, -0.15) is 0 Å². The first kappa shape index (κ1) is 17.0. The molecule has 0 saturated heterocycles. The van der Waals surface area contributed by atoms with Crippen LogP contribution in [-0.2, 0) is 4.79 Å². The lowest BCUT2D eigenvalue weighted by molar-refractivity contribution is -0.124. The zero-order valence-electron chi connectivity index (χ0n) is 14.1. The Morgan fingerprint density at radius 1 is 0.524 bits per heavy atom. The van der Waals surface area contributed by atoms with Crippen LogP contribution < -0.4 is 0 Å². The monoisotopic (exact) mass is 292 g/mol. The molecule has 0 N–H and O–H groups in total. The van der Waals surface area contributed by atoms with E-state index < -0.39 is 0 Å². The van der Waals surface area contributed by atoms with Crippen LogP contribution >= 0.6 is 0 Å². The molecule has 0 spiro atoms. The molecule has 2 fully saturated rings. The Labute approximate surface area is 132 Å². The number of carbonyl (C=O) groups is 1. The predicted molar refractivity (Wildman–Crippen MR) is 90.5 cm³/mol. The van der Waals surface area contributed by atoms with Crippen molar-refractivity contribution < 1.29 is 4.79 Å². The van der Waals surface area contributed by atoms with Gasteiger partial charge in [0.1, 0.15) is 5.78 Å². The minimum absolute atomic E-state index is 0.428. The van der Waals surface area contributed by atoms with Gasteiger partial charge in [-0.05, 0) is 31.6 Å². The van der Waals surface area contributed by atoms with E-state index in [0.29, 0.717) is 11.7 Å². The number of ketones is 1. The van der Waals surface area contributed by atoms with Gasteiger partial charge in [-0.3, -0.25) is 4.79 Å². The van der Waals surface area contributed by atoms with Crippen LogP contribution in [0.5, 0.6) is 0 Å². The summed E-state index contributed by atoms with van der Waals surface area (Å²) >= 11 is 0. The van der Waals surface area contributed by atoms with Gasteiger partial charge in [0.2, 0.25) is 0 Å². The average Bonchev–Trinajstić information content (AvgIpc) is 3.00. The summed E-state index contributed by atoms with van der Waals surface area (Å²) in [7, 11) is 0. The van der Waals surface area contributed by atoms with Gasteiger partial charge >= 0.3 is 0 Å². The maximum absolute atomic E-state index is 12.6. The van der Waals surface area contributed by atoms with Gasteiger partial charge in [-0.25, -0.2) is 0 Å². The van der Waals surface area contributed by atoms with Crippen molar-refractivity contribution in [3.63, 3.8) is 0 Å². The van der Waals surface area contributed by atoms with Crippen molar-refractivity contribution in [1.82, 2.24) is 0 Å². The van der Waals surface area contributed by atoms with E-state index in [1.807, 2.05) is 0 Å². The van der Waals surface area contributed by atoms with Crippen molar-refractivity contribution in [1.29, 1.82) is 0 Å². The zero-order valence-corrected chi connectivity index (χ0v) is 14.1. The Balaban J connectivity index is 1.82. The van der Waals surface area contributed by atoms with Crippen LogP contribution in [0.4, 0.5) is 0 Å². The first-order valence-electron chi connectivity index (χ1n) is 9.90. The van der Waals surface area contributed by atoms with Crippen LogP contribution in [0.25, 0.3) is 0 Å². The molecule has 2 rings (SSSR count). The van der Waals surface area contributed by atoms with Crippen molar-refractivity contribution in [2.24, 2.45) is 11.8 Å². The molecule has 1 atom stereocenters. The van der Waals surface area contributed by atoms with Crippen LogP contribution in [0.2, 0.25) is 0 Å². The third-order valence-electron chi connectivity index (χ3n) is 5.82. The summed E-state index contributed by atoms with van der Waals surface area (Å²) in [4.78, 5) is 12.6. The summed E-state index contributed by atoms with van der Waals surface area (Å²) in [6.45, 7) is 0. The van der Waals surface area contributed by atoms with Crippen molar-refractivity contribution in [2.75, 3.05) is 0 Å². The Bertz CT molecular complexity index is 278. The van der Waals surface area contributed by atoms with Crippen LogP contribution in [0, 0.1) is 11.8 Å². The molecule has 1 nitrogen and oxygen atoms in total. The topological polar surface area (TPSA) is 17.1 Å². The van der Waals surface area contributed by atoms with Crippen molar-refractivity contribution in [3.05, 3.63) is 0 Å². The Kier molecular flexibility index (Phi) is 8.44. The van der Waals surface area contributed by atoms with Gasteiger partial charge < -0.3 is 0 Å². The third-order valence-corrected chi connectivity index (χ3v) is 5.82. The molecule has 1 unspecified atom stereocenters. The molecule has 122 valence electrons. The summed E-state index contributed by atoms with van der Waals surface area (Å²) in [6, 6.07) is 0. The molecule has 21 heavy (non-hydrogen) atoms. The fraction of sp³-hybridized carbons (Fsp3) is 0.950. The fourth-order valence-electron chi connectivity index (χ4n) is 4.46. The summed E-state index contributed by atoms with van der Waals surface area (Å²) in [5.41, 5.74) is 0. The van der Waals surface area contributed by atoms with E-state index in [1.165, 1.54) is 96.3 Å². The van der Waals surface area contributed by atoms with Gasteiger partial charge in [0, 0.05) is 12.3 Å². The summed E-state index contributed by atoms with van der Waals surface area (Å²) < 4.78 is 0. The minimum Gasteiger partial charge on any atom is -0.299 e. The van der Waals surface area contributed by atoms with Crippen molar-refractivity contribution >= 4 is 5.78 Å². The Morgan fingerprint density at radius 3 is 1.52 bits per heavy atom. The first-order valence-corrected chi connectivity index (χ1v) is 9.90. The molecule has 2 aliphatic carbocycles. The summed E-state index contributed by atoms with van der Waals surface area (Å²) in [6.07, 6.45) is 22.4. The molecular weight excluding hydrogens is 256 g/mol. The molecule has 0 bridgehead atoms. The van der Waals surface area contributed by atoms with Gasteiger partial charge in [0.15, 0.2) is 0 Å². The number of hydrogen-bond acceptors (Lipinski definition) is 1. The lowest BCUT2D eigenvalue weighted by atomic mass is 9.81. The predicted octanol–water partition coefficient (Wildman–Crippen LogP) is 6.45. The summed E-state index contributed by atoms with van der Waals surface area (Å²) in [5, 5.41) is 0. The molecule has 0 amide bonds. The molecule has 0 aromatic carbocycles. The fourth-order valence-corrected chi connectivity index (χ4v) is 4.46. The lowest BCUT2D eigenvalue weighted by Crippen LogP contribution is -2.22. The van der Waals surface area contributed by atoms with E-state index in [1.54, 1.807) is 0 Å². The Morgan fingerprint density at radius 2 is 0.952 bits per heavy atom. The second-order valence-electron chi connectivity index (χ2n) is 7.55. The maximum Gasteiger partial charge on any atom is 0.136 e. The smallest absolute Gasteiger partial charge is 0.136 e. The normalized spacial score (nSPS) is 29.0. The van der Waals surface area contributed by atoms with Crippen molar-refractivity contribution in [2.45, 2.75) is 109 Å². The van der Waals surface area contributed by atoms with E-state index in [9.17, 15) is 4.79 Å². The molecule has 2 aliphatic rings. The molecule has 0 aliphatic heterocycles. The van der Waals surface area contributed by atoms with Gasteiger partial charge in [0.05, 0.1) is 0 Å². The quantitative estimate of drug-likeness (QED) is 0.543. The largest absolute Gasteiger partial charge is 0.299 e. The SMILES string of the molecule is O=C1CCCCCCCCCCCCCC1C1CCCC1. The standard InChI is InChI=1S/C20H36O/c21-20-17-11-9-7-5-3-1-2-4-6-8-10-16-19(20)18-14-12-13-15-18/h18-19H,1-17H2. The Hall–Kier alpha value is -0.330. The van der Waals surface area contributed by atoms with Gasteiger partial charge in [-0.15, -0.1) is 0 Å².